The molecule has 0 aliphatic carbocycles. The van der Waals surface area contributed by atoms with Gasteiger partial charge in [-0.15, -0.1) is 0 Å². The third-order valence-electron chi connectivity index (χ3n) is 5.65. The summed E-state index contributed by atoms with van der Waals surface area (Å²) in [4.78, 5) is 40.0. The van der Waals surface area contributed by atoms with E-state index in [4.69, 9.17) is 23.2 Å². The van der Waals surface area contributed by atoms with Crippen molar-refractivity contribution in [3.8, 4) is 0 Å². The summed E-state index contributed by atoms with van der Waals surface area (Å²) >= 11 is 11.4. The molecule has 1 aromatic heterocycles. The Bertz CT molecular complexity index is 1250. The SMILES string of the molecule is O=C(NC1CONC1=O)c1cnc(C2=NCC(c3cc(Cl)c(Cl)c(C(F)(F)F)c3)(C(F)(F)F)C2)nc1. The number of alkyl halides is 6. The molecular formula is C20H13Cl2F6N5O3. The van der Waals surface area contributed by atoms with Gasteiger partial charge in [0.15, 0.2) is 5.82 Å². The van der Waals surface area contributed by atoms with Crippen LogP contribution in [0.1, 0.15) is 33.7 Å². The number of hydrogen-bond donors (Lipinski definition) is 2. The Morgan fingerprint density at radius 2 is 1.81 bits per heavy atom. The number of halogens is 8. The molecule has 2 aliphatic rings. The van der Waals surface area contributed by atoms with Crippen LogP contribution in [0, 0.1) is 0 Å². The van der Waals surface area contributed by atoms with Crippen LogP contribution in [0.3, 0.4) is 0 Å². The molecule has 36 heavy (non-hydrogen) atoms. The monoisotopic (exact) mass is 555 g/mol. The summed E-state index contributed by atoms with van der Waals surface area (Å²) in [7, 11) is 0. The van der Waals surface area contributed by atoms with E-state index in [-0.39, 0.29) is 23.7 Å². The Labute approximate surface area is 208 Å². The summed E-state index contributed by atoms with van der Waals surface area (Å²) < 4.78 is 83.0. The molecule has 1 saturated heterocycles. The van der Waals surface area contributed by atoms with Crippen LogP contribution >= 0.6 is 23.2 Å². The molecule has 4 rings (SSSR count). The minimum atomic E-state index is -5.05. The van der Waals surface area contributed by atoms with E-state index in [1.807, 2.05) is 0 Å². The van der Waals surface area contributed by atoms with Crippen LogP contribution in [0.25, 0.3) is 0 Å². The van der Waals surface area contributed by atoms with E-state index < -0.39 is 69.8 Å². The van der Waals surface area contributed by atoms with Crippen LogP contribution in [0.4, 0.5) is 26.3 Å². The average molecular weight is 556 g/mol. The van der Waals surface area contributed by atoms with Crippen LogP contribution in [0.2, 0.25) is 10.0 Å². The Balaban J connectivity index is 1.61. The molecule has 0 spiro atoms. The summed E-state index contributed by atoms with van der Waals surface area (Å²) in [5.41, 5.74) is -3.38. The number of amides is 2. The normalized spacial score (nSPS) is 22.4. The Kier molecular flexibility index (Phi) is 6.64. The van der Waals surface area contributed by atoms with E-state index in [1.54, 1.807) is 0 Å². The van der Waals surface area contributed by atoms with Gasteiger partial charge in [-0.3, -0.25) is 19.4 Å². The van der Waals surface area contributed by atoms with Crippen LogP contribution in [0.5, 0.6) is 0 Å². The molecule has 0 radical (unpaired) electrons. The molecule has 8 nitrogen and oxygen atoms in total. The highest BCUT2D eigenvalue weighted by atomic mass is 35.5. The lowest BCUT2D eigenvalue weighted by Gasteiger charge is -2.32. The third kappa shape index (κ3) is 4.72. The third-order valence-corrected chi connectivity index (χ3v) is 6.46. The highest BCUT2D eigenvalue weighted by molar-refractivity contribution is 6.42. The maximum Gasteiger partial charge on any atom is 0.417 e. The summed E-state index contributed by atoms with van der Waals surface area (Å²) in [6, 6.07) is 0.108. The van der Waals surface area contributed by atoms with Gasteiger partial charge in [0.2, 0.25) is 0 Å². The van der Waals surface area contributed by atoms with Gasteiger partial charge in [-0.25, -0.2) is 15.4 Å². The number of nitrogens with one attached hydrogen (secondary N) is 2. The van der Waals surface area contributed by atoms with Gasteiger partial charge in [-0.05, 0) is 17.7 Å². The van der Waals surface area contributed by atoms with E-state index in [0.717, 1.165) is 18.5 Å². The predicted octanol–water partition coefficient (Wildman–Crippen LogP) is 3.66. The van der Waals surface area contributed by atoms with Crippen LogP contribution in [-0.4, -0.2) is 52.9 Å². The predicted molar refractivity (Wildman–Crippen MR) is 113 cm³/mol. The number of hydroxylamine groups is 1. The maximum absolute atomic E-state index is 14.3. The van der Waals surface area contributed by atoms with E-state index in [1.165, 1.54) is 0 Å². The van der Waals surface area contributed by atoms with Gasteiger partial charge in [0.1, 0.15) is 18.1 Å². The highest BCUT2D eigenvalue weighted by Crippen LogP contribution is 2.50. The molecule has 2 aliphatic heterocycles. The van der Waals surface area contributed by atoms with Crippen molar-refractivity contribution in [3.05, 3.63) is 57.1 Å². The van der Waals surface area contributed by atoms with E-state index in [2.05, 4.69) is 30.6 Å². The topological polar surface area (TPSA) is 106 Å². The number of hydrogen-bond acceptors (Lipinski definition) is 6. The molecule has 2 atom stereocenters. The van der Waals surface area contributed by atoms with Crippen molar-refractivity contribution in [1.82, 2.24) is 20.8 Å². The van der Waals surface area contributed by atoms with E-state index in [0.29, 0.717) is 6.07 Å². The smallest absolute Gasteiger partial charge is 0.338 e. The molecule has 0 bridgehead atoms. The first-order chi connectivity index (χ1) is 16.7. The molecule has 2 amide bonds. The van der Waals surface area contributed by atoms with Crippen molar-refractivity contribution in [2.24, 2.45) is 4.99 Å². The lowest BCUT2D eigenvalue weighted by molar-refractivity contribution is -0.184. The van der Waals surface area contributed by atoms with Gasteiger partial charge in [0, 0.05) is 18.8 Å². The van der Waals surface area contributed by atoms with Crippen molar-refractivity contribution in [2.45, 2.75) is 30.2 Å². The fourth-order valence-corrected chi connectivity index (χ4v) is 4.12. The summed E-state index contributed by atoms with van der Waals surface area (Å²) in [6.45, 7) is -1.05. The van der Waals surface area contributed by atoms with Gasteiger partial charge in [0.05, 0.1) is 33.4 Å². The molecule has 2 N–H and O–H groups in total. The van der Waals surface area contributed by atoms with Crippen molar-refractivity contribution in [2.75, 3.05) is 13.2 Å². The average Bonchev–Trinajstić information content (AvgIpc) is 3.42. The van der Waals surface area contributed by atoms with Crippen LogP contribution in [0.15, 0.2) is 29.5 Å². The Hall–Kier alpha value is -2.97. The van der Waals surface area contributed by atoms with Gasteiger partial charge in [-0.2, -0.15) is 26.3 Å². The first kappa shape index (κ1) is 26.1. The number of rotatable bonds is 4. The maximum atomic E-state index is 14.3. The molecule has 1 fully saturated rings. The zero-order valence-corrected chi connectivity index (χ0v) is 19.1. The van der Waals surface area contributed by atoms with Crippen molar-refractivity contribution >= 4 is 40.7 Å². The van der Waals surface area contributed by atoms with Crippen LogP contribution < -0.4 is 10.8 Å². The second-order valence-electron chi connectivity index (χ2n) is 7.94. The lowest BCUT2D eigenvalue weighted by Crippen LogP contribution is -2.44. The van der Waals surface area contributed by atoms with Gasteiger partial charge in [-0.1, -0.05) is 23.2 Å². The number of carbonyl (C=O) groups is 2. The molecule has 192 valence electrons. The summed E-state index contributed by atoms with van der Waals surface area (Å²) in [5, 5.41) is 0.763. The van der Waals surface area contributed by atoms with E-state index in [9.17, 15) is 35.9 Å². The summed E-state index contributed by atoms with van der Waals surface area (Å²) in [5.74, 6) is -1.56. The number of aliphatic imine (C=N–C) groups is 1. The largest absolute Gasteiger partial charge is 0.417 e. The molecule has 2 unspecified atom stereocenters. The zero-order valence-electron chi connectivity index (χ0n) is 17.6. The molecule has 16 heteroatoms. The standard InChI is InChI=1S/C20H13Cl2F6N5O3/c21-11-2-9(1-10(14(11)22)19(23,24)25)18(20(26,27)28)3-12(31-7-18)15-29-4-8(5-30-15)16(34)32-13-6-36-33-17(13)35/h1-2,4-5,13H,3,6-7H2,(H,32,34)(H,33,35). The fourth-order valence-electron chi connectivity index (χ4n) is 3.68. The fraction of sp³-hybridized carbons (Fsp3) is 0.350. The van der Waals surface area contributed by atoms with Gasteiger partial charge < -0.3 is 5.32 Å². The second-order valence-corrected chi connectivity index (χ2v) is 8.72. The highest BCUT2D eigenvalue weighted by Gasteiger charge is 2.59. The first-order valence-electron chi connectivity index (χ1n) is 9.94. The lowest BCUT2D eigenvalue weighted by atomic mass is 9.76. The minimum Gasteiger partial charge on any atom is -0.338 e. The van der Waals surface area contributed by atoms with E-state index >= 15 is 0 Å². The Morgan fingerprint density at radius 1 is 1.14 bits per heavy atom. The molecule has 1 aromatic carbocycles. The number of nitrogens with zero attached hydrogens (tertiary/aromatic N) is 3. The molecule has 3 heterocycles. The van der Waals surface area contributed by atoms with Crippen LogP contribution in [-0.2, 0) is 21.2 Å². The Morgan fingerprint density at radius 3 is 2.36 bits per heavy atom. The summed E-state index contributed by atoms with van der Waals surface area (Å²) in [6.07, 6.45) is -8.92. The number of benzene rings is 1. The molecule has 2 aromatic rings. The minimum absolute atomic E-state index is 0.0987. The molecule has 0 saturated carbocycles. The number of carbonyl (C=O) groups excluding carboxylic acids is 2. The first-order valence-corrected chi connectivity index (χ1v) is 10.7. The van der Waals surface area contributed by atoms with Crippen molar-refractivity contribution in [3.63, 3.8) is 0 Å². The van der Waals surface area contributed by atoms with Gasteiger partial charge in [0.25, 0.3) is 11.8 Å². The number of aromatic nitrogens is 2. The second kappa shape index (κ2) is 9.16. The zero-order chi connectivity index (χ0) is 26.5. The van der Waals surface area contributed by atoms with Gasteiger partial charge >= 0.3 is 12.4 Å². The van der Waals surface area contributed by atoms with Crippen molar-refractivity contribution in [1.29, 1.82) is 0 Å². The quantitative estimate of drug-likeness (QED) is 0.560. The van der Waals surface area contributed by atoms with Crippen molar-refractivity contribution < 1.29 is 40.8 Å². The molecular weight excluding hydrogens is 543 g/mol.